The minimum atomic E-state index is -0.598. The van der Waals surface area contributed by atoms with Gasteiger partial charge in [-0.25, -0.2) is 0 Å². The molecule has 30 heavy (non-hydrogen) atoms. The van der Waals surface area contributed by atoms with E-state index in [1.165, 1.54) is 0 Å². The second-order valence-corrected chi connectivity index (χ2v) is 8.38. The van der Waals surface area contributed by atoms with Gasteiger partial charge in [0.2, 0.25) is 5.91 Å². The Balaban J connectivity index is 2.17. The Hall–Kier alpha value is -2.82. The van der Waals surface area contributed by atoms with Crippen LogP contribution in [-0.4, -0.2) is 35.9 Å². The smallest absolute Gasteiger partial charge is 0.261 e. The molecule has 162 valence electrons. The van der Waals surface area contributed by atoms with Crippen molar-refractivity contribution in [2.75, 3.05) is 13.2 Å². The van der Waals surface area contributed by atoms with E-state index < -0.39 is 6.04 Å². The van der Waals surface area contributed by atoms with Crippen molar-refractivity contribution in [3.63, 3.8) is 0 Å². The fraction of sp³-hybridized carbons (Fsp3) is 0.440. The average molecular weight is 411 g/mol. The van der Waals surface area contributed by atoms with Crippen LogP contribution in [0.1, 0.15) is 43.0 Å². The molecule has 0 aliphatic heterocycles. The van der Waals surface area contributed by atoms with E-state index in [4.69, 9.17) is 4.74 Å². The van der Waals surface area contributed by atoms with E-state index >= 15 is 0 Å². The van der Waals surface area contributed by atoms with Gasteiger partial charge in [-0.15, -0.1) is 0 Å². The van der Waals surface area contributed by atoms with Gasteiger partial charge in [-0.2, -0.15) is 0 Å². The van der Waals surface area contributed by atoms with Gasteiger partial charge in [0.25, 0.3) is 5.91 Å². The predicted molar refractivity (Wildman–Crippen MR) is 120 cm³/mol. The van der Waals surface area contributed by atoms with Gasteiger partial charge in [-0.05, 0) is 56.4 Å². The number of amides is 2. The van der Waals surface area contributed by atoms with Crippen molar-refractivity contribution >= 4 is 11.8 Å². The molecular formula is C25H34N2O3. The second-order valence-electron chi connectivity index (χ2n) is 8.38. The number of carbonyl (C=O) groups is 2. The van der Waals surface area contributed by atoms with Crippen molar-refractivity contribution < 1.29 is 14.3 Å². The molecular weight excluding hydrogens is 376 g/mol. The number of nitrogens with one attached hydrogen (secondary N) is 1. The molecule has 0 aliphatic rings. The number of aryl methyl sites for hydroxylation is 3. The highest BCUT2D eigenvalue weighted by Gasteiger charge is 2.26. The Morgan fingerprint density at radius 3 is 2.37 bits per heavy atom. The van der Waals surface area contributed by atoms with Crippen molar-refractivity contribution in [1.29, 1.82) is 0 Å². The lowest BCUT2D eigenvalue weighted by molar-refractivity contribution is -0.142. The van der Waals surface area contributed by atoms with Gasteiger partial charge in [-0.1, -0.05) is 55.8 Å². The van der Waals surface area contributed by atoms with Crippen LogP contribution in [0.15, 0.2) is 42.5 Å². The lowest BCUT2D eigenvalue weighted by Gasteiger charge is -2.29. The SMILES string of the molecule is Cc1cccc(CN(C(=O)COc2cc(C)ccc2C)[C@@H](C)C(=O)NCC(C)C)c1. The van der Waals surface area contributed by atoms with Crippen LogP contribution in [0.3, 0.4) is 0 Å². The molecule has 0 aromatic heterocycles. The van der Waals surface area contributed by atoms with Crippen LogP contribution in [-0.2, 0) is 16.1 Å². The van der Waals surface area contributed by atoms with E-state index in [0.29, 0.717) is 24.8 Å². The van der Waals surface area contributed by atoms with Crippen molar-refractivity contribution in [3.05, 3.63) is 64.7 Å². The molecule has 0 saturated heterocycles. The van der Waals surface area contributed by atoms with Crippen molar-refractivity contribution in [3.8, 4) is 5.75 Å². The molecule has 0 unspecified atom stereocenters. The van der Waals surface area contributed by atoms with E-state index in [2.05, 4.69) is 5.32 Å². The van der Waals surface area contributed by atoms with Gasteiger partial charge in [-0.3, -0.25) is 9.59 Å². The summed E-state index contributed by atoms with van der Waals surface area (Å²) in [6, 6.07) is 13.3. The summed E-state index contributed by atoms with van der Waals surface area (Å²) >= 11 is 0. The van der Waals surface area contributed by atoms with E-state index in [1.54, 1.807) is 11.8 Å². The Kier molecular flexibility index (Phi) is 8.46. The van der Waals surface area contributed by atoms with Gasteiger partial charge >= 0.3 is 0 Å². The monoisotopic (exact) mass is 410 g/mol. The minimum Gasteiger partial charge on any atom is -0.483 e. The molecule has 0 spiro atoms. The maximum Gasteiger partial charge on any atom is 0.261 e. The summed E-state index contributed by atoms with van der Waals surface area (Å²) in [4.78, 5) is 27.4. The fourth-order valence-electron chi connectivity index (χ4n) is 3.13. The van der Waals surface area contributed by atoms with Crippen LogP contribution in [0.5, 0.6) is 5.75 Å². The molecule has 0 fully saturated rings. The average Bonchev–Trinajstić information content (AvgIpc) is 2.70. The number of hydrogen-bond acceptors (Lipinski definition) is 3. The van der Waals surface area contributed by atoms with Crippen LogP contribution < -0.4 is 10.1 Å². The molecule has 5 heteroatoms. The van der Waals surface area contributed by atoms with Gasteiger partial charge in [0.1, 0.15) is 11.8 Å². The standard InChI is InChI=1S/C25H34N2O3/c1-17(2)14-26-25(29)21(6)27(15-22-9-7-8-18(3)12-22)24(28)16-30-23-13-19(4)10-11-20(23)5/h7-13,17,21H,14-16H2,1-6H3,(H,26,29)/t21-/m0/s1. The zero-order chi connectivity index (χ0) is 22.3. The highest BCUT2D eigenvalue weighted by atomic mass is 16.5. The molecule has 0 radical (unpaired) electrons. The molecule has 0 bridgehead atoms. The summed E-state index contributed by atoms with van der Waals surface area (Å²) in [7, 11) is 0. The summed E-state index contributed by atoms with van der Waals surface area (Å²) in [5.41, 5.74) is 4.14. The number of rotatable bonds is 9. The lowest BCUT2D eigenvalue weighted by atomic mass is 10.1. The van der Waals surface area contributed by atoms with E-state index in [9.17, 15) is 9.59 Å². The molecule has 2 amide bonds. The summed E-state index contributed by atoms with van der Waals surface area (Å²) in [5.74, 6) is 0.659. The molecule has 1 N–H and O–H groups in total. The van der Waals surface area contributed by atoms with Gasteiger partial charge in [0.15, 0.2) is 6.61 Å². The van der Waals surface area contributed by atoms with Crippen molar-refractivity contribution in [2.24, 2.45) is 5.92 Å². The quantitative estimate of drug-likeness (QED) is 0.675. The first-order chi connectivity index (χ1) is 14.2. The first-order valence-electron chi connectivity index (χ1n) is 10.5. The van der Waals surface area contributed by atoms with Gasteiger partial charge in [0.05, 0.1) is 0 Å². The van der Waals surface area contributed by atoms with Gasteiger partial charge < -0.3 is 15.0 Å². The van der Waals surface area contributed by atoms with E-state index in [0.717, 1.165) is 22.3 Å². The largest absolute Gasteiger partial charge is 0.483 e. The molecule has 0 aliphatic carbocycles. The maximum atomic E-state index is 13.1. The number of hydrogen-bond donors (Lipinski definition) is 1. The molecule has 0 heterocycles. The normalized spacial score (nSPS) is 11.8. The molecule has 2 aromatic rings. The Bertz CT molecular complexity index is 876. The fourth-order valence-corrected chi connectivity index (χ4v) is 3.13. The molecule has 2 aromatic carbocycles. The number of nitrogens with zero attached hydrogens (tertiary/aromatic N) is 1. The molecule has 5 nitrogen and oxygen atoms in total. The highest BCUT2D eigenvalue weighted by Crippen LogP contribution is 2.19. The zero-order valence-corrected chi connectivity index (χ0v) is 19.0. The predicted octanol–water partition coefficient (Wildman–Crippen LogP) is 4.18. The zero-order valence-electron chi connectivity index (χ0n) is 19.0. The third-order valence-electron chi connectivity index (χ3n) is 4.98. The lowest BCUT2D eigenvalue weighted by Crippen LogP contribution is -2.49. The van der Waals surface area contributed by atoms with E-state index in [1.807, 2.05) is 77.1 Å². The van der Waals surface area contributed by atoms with Crippen LogP contribution >= 0.6 is 0 Å². The third kappa shape index (κ3) is 6.90. The summed E-state index contributed by atoms with van der Waals surface area (Å²) in [5, 5.41) is 2.93. The van der Waals surface area contributed by atoms with Crippen molar-refractivity contribution in [1.82, 2.24) is 10.2 Å². The minimum absolute atomic E-state index is 0.113. The summed E-state index contributed by atoms with van der Waals surface area (Å²) < 4.78 is 5.83. The second kappa shape index (κ2) is 10.8. The topological polar surface area (TPSA) is 58.6 Å². The Morgan fingerprint density at radius 1 is 1.00 bits per heavy atom. The van der Waals surface area contributed by atoms with Gasteiger partial charge in [0, 0.05) is 13.1 Å². The number of benzene rings is 2. The Labute approximate surface area is 180 Å². The van der Waals surface area contributed by atoms with Crippen LogP contribution in [0, 0.1) is 26.7 Å². The van der Waals surface area contributed by atoms with Crippen LogP contribution in [0.4, 0.5) is 0 Å². The molecule has 2 rings (SSSR count). The summed E-state index contributed by atoms with van der Waals surface area (Å²) in [6.45, 7) is 12.6. The first-order valence-corrected chi connectivity index (χ1v) is 10.5. The number of carbonyl (C=O) groups excluding carboxylic acids is 2. The van der Waals surface area contributed by atoms with Crippen LogP contribution in [0.25, 0.3) is 0 Å². The molecule has 1 atom stereocenters. The first kappa shape index (κ1) is 23.5. The number of ether oxygens (including phenoxy) is 1. The van der Waals surface area contributed by atoms with E-state index in [-0.39, 0.29) is 18.4 Å². The maximum absolute atomic E-state index is 13.1. The molecule has 0 saturated carbocycles. The van der Waals surface area contributed by atoms with Crippen LogP contribution in [0.2, 0.25) is 0 Å². The van der Waals surface area contributed by atoms with Crippen molar-refractivity contribution in [2.45, 2.75) is 54.1 Å². The Morgan fingerprint density at radius 2 is 1.70 bits per heavy atom. The highest BCUT2D eigenvalue weighted by molar-refractivity contribution is 5.88. The summed E-state index contributed by atoms with van der Waals surface area (Å²) in [6.07, 6.45) is 0. The third-order valence-corrected chi connectivity index (χ3v) is 4.98.